The highest BCUT2D eigenvalue weighted by molar-refractivity contribution is 5.51. The Morgan fingerprint density at radius 3 is 1.79 bits per heavy atom. The second kappa shape index (κ2) is 6.66. The lowest BCUT2D eigenvalue weighted by Gasteiger charge is -2.20. The van der Waals surface area contributed by atoms with Gasteiger partial charge in [0.1, 0.15) is 0 Å². The monoisotopic (exact) mass is 249 g/mol. The van der Waals surface area contributed by atoms with Crippen molar-refractivity contribution < 1.29 is 0 Å². The Kier molecular flexibility index (Phi) is 4.64. The highest BCUT2D eigenvalue weighted by Gasteiger charge is 1.99. The van der Waals surface area contributed by atoms with Crippen LogP contribution in [0, 0.1) is 11.8 Å². The third-order valence-electron chi connectivity index (χ3n) is 3.12. The van der Waals surface area contributed by atoms with Gasteiger partial charge in [0.2, 0.25) is 0 Å². The first-order chi connectivity index (χ1) is 9.33. The van der Waals surface area contributed by atoms with Crippen LogP contribution in [0.5, 0.6) is 0 Å². The molecule has 2 aromatic carbocycles. The summed E-state index contributed by atoms with van der Waals surface area (Å²) in [5.74, 6) is 6.37. The fraction of sp³-hybridized carbons (Fsp3) is 0.222. The van der Waals surface area contributed by atoms with Gasteiger partial charge in [-0.1, -0.05) is 30.0 Å². The van der Waals surface area contributed by atoms with Gasteiger partial charge in [0.05, 0.1) is 0 Å². The number of hydrogen-bond acceptors (Lipinski definition) is 1. The Labute approximate surface area is 115 Å². The van der Waals surface area contributed by atoms with Gasteiger partial charge in [0.25, 0.3) is 0 Å². The van der Waals surface area contributed by atoms with Crippen molar-refractivity contribution in [3.8, 4) is 11.8 Å². The molecule has 2 rings (SSSR count). The quantitative estimate of drug-likeness (QED) is 0.745. The van der Waals surface area contributed by atoms with Crippen LogP contribution >= 0.6 is 0 Å². The summed E-state index contributed by atoms with van der Waals surface area (Å²) in [6.07, 6.45) is 0. The first-order valence-corrected chi connectivity index (χ1v) is 6.75. The number of benzene rings is 2. The van der Waals surface area contributed by atoms with Gasteiger partial charge in [0.15, 0.2) is 0 Å². The molecule has 0 N–H and O–H groups in total. The highest BCUT2D eigenvalue weighted by Crippen LogP contribution is 2.14. The second-order valence-electron chi connectivity index (χ2n) is 4.34. The molecule has 0 aliphatic heterocycles. The topological polar surface area (TPSA) is 3.24 Å². The van der Waals surface area contributed by atoms with Crippen molar-refractivity contribution in [2.45, 2.75) is 13.8 Å². The van der Waals surface area contributed by atoms with E-state index >= 15 is 0 Å². The average Bonchev–Trinajstić information content (AvgIpc) is 2.49. The van der Waals surface area contributed by atoms with Gasteiger partial charge in [-0.2, -0.15) is 0 Å². The fourth-order valence-corrected chi connectivity index (χ4v) is 2.01. The summed E-state index contributed by atoms with van der Waals surface area (Å²) >= 11 is 0. The third-order valence-corrected chi connectivity index (χ3v) is 3.12. The molecule has 0 aliphatic carbocycles. The molecule has 96 valence electrons. The molecule has 0 aromatic heterocycles. The Bertz CT molecular complexity index is 554. The highest BCUT2D eigenvalue weighted by atomic mass is 15.1. The van der Waals surface area contributed by atoms with Gasteiger partial charge in [-0.15, -0.1) is 0 Å². The van der Waals surface area contributed by atoms with Gasteiger partial charge in [-0.05, 0) is 50.2 Å². The summed E-state index contributed by atoms with van der Waals surface area (Å²) < 4.78 is 0. The summed E-state index contributed by atoms with van der Waals surface area (Å²) in [6.45, 7) is 6.41. The van der Waals surface area contributed by atoms with Crippen LogP contribution in [0.25, 0.3) is 0 Å². The normalized spacial score (nSPS) is 9.58. The average molecular weight is 249 g/mol. The fourth-order valence-electron chi connectivity index (χ4n) is 2.01. The second-order valence-corrected chi connectivity index (χ2v) is 4.34. The van der Waals surface area contributed by atoms with Crippen LogP contribution in [-0.2, 0) is 0 Å². The molecular formula is C18H19N. The minimum absolute atomic E-state index is 1.03. The molecule has 0 saturated heterocycles. The van der Waals surface area contributed by atoms with E-state index in [1.54, 1.807) is 0 Å². The number of rotatable bonds is 3. The molecule has 0 atom stereocenters. The molecule has 0 aliphatic rings. The zero-order chi connectivity index (χ0) is 13.5. The van der Waals surface area contributed by atoms with Crippen molar-refractivity contribution in [3.63, 3.8) is 0 Å². The van der Waals surface area contributed by atoms with Gasteiger partial charge in [0, 0.05) is 29.9 Å². The maximum absolute atomic E-state index is 3.19. The number of nitrogens with zero attached hydrogens (tertiary/aromatic N) is 1. The number of hydrogen-bond donors (Lipinski definition) is 0. The summed E-state index contributed by atoms with van der Waals surface area (Å²) in [5, 5.41) is 0. The first-order valence-electron chi connectivity index (χ1n) is 6.75. The molecule has 0 spiro atoms. The maximum atomic E-state index is 3.19. The molecule has 1 heteroatoms. The van der Waals surface area contributed by atoms with Crippen molar-refractivity contribution in [3.05, 3.63) is 65.7 Å². The van der Waals surface area contributed by atoms with Crippen molar-refractivity contribution >= 4 is 5.69 Å². The summed E-state index contributed by atoms with van der Waals surface area (Å²) in [4.78, 5) is 2.33. The molecule has 0 bridgehead atoms. The van der Waals surface area contributed by atoms with Gasteiger partial charge >= 0.3 is 0 Å². The van der Waals surface area contributed by atoms with Crippen molar-refractivity contribution in [1.29, 1.82) is 0 Å². The molecular weight excluding hydrogens is 230 g/mol. The molecule has 19 heavy (non-hydrogen) atoms. The van der Waals surface area contributed by atoms with Crippen LogP contribution in [0.2, 0.25) is 0 Å². The Morgan fingerprint density at radius 2 is 1.26 bits per heavy atom. The Balaban J connectivity index is 2.14. The zero-order valence-corrected chi connectivity index (χ0v) is 11.6. The van der Waals surface area contributed by atoms with Crippen molar-refractivity contribution in [2.75, 3.05) is 18.0 Å². The minimum Gasteiger partial charge on any atom is -0.372 e. The molecule has 2 aromatic rings. The smallest absolute Gasteiger partial charge is 0.0366 e. The van der Waals surface area contributed by atoms with Crippen LogP contribution in [-0.4, -0.2) is 13.1 Å². The van der Waals surface area contributed by atoms with E-state index in [1.165, 1.54) is 5.69 Å². The molecule has 0 heterocycles. The van der Waals surface area contributed by atoms with Crippen LogP contribution in [0.3, 0.4) is 0 Å². The van der Waals surface area contributed by atoms with Crippen LogP contribution in [0.4, 0.5) is 5.69 Å². The lowest BCUT2D eigenvalue weighted by Crippen LogP contribution is -2.21. The van der Waals surface area contributed by atoms with Crippen LogP contribution < -0.4 is 4.90 Å². The van der Waals surface area contributed by atoms with E-state index in [1.807, 2.05) is 30.3 Å². The Morgan fingerprint density at radius 1 is 0.737 bits per heavy atom. The molecule has 0 amide bonds. The largest absolute Gasteiger partial charge is 0.372 e. The summed E-state index contributed by atoms with van der Waals surface area (Å²) in [7, 11) is 0. The molecule has 1 nitrogen and oxygen atoms in total. The third kappa shape index (κ3) is 3.63. The molecule has 0 saturated carbocycles. The van der Waals surface area contributed by atoms with Gasteiger partial charge in [-0.3, -0.25) is 0 Å². The van der Waals surface area contributed by atoms with E-state index in [-0.39, 0.29) is 0 Å². The standard InChI is InChI=1S/C18H19N/c1-3-19(4-2)18-14-12-17(13-15-18)11-10-16-8-6-5-7-9-16/h5-9,12-15H,3-4H2,1-2H3. The van der Waals surface area contributed by atoms with E-state index in [9.17, 15) is 0 Å². The molecule has 0 radical (unpaired) electrons. The predicted molar refractivity (Wildman–Crippen MR) is 82.4 cm³/mol. The number of anilines is 1. The first kappa shape index (κ1) is 13.2. The van der Waals surface area contributed by atoms with E-state index in [2.05, 4.69) is 54.9 Å². The summed E-state index contributed by atoms with van der Waals surface area (Å²) in [6, 6.07) is 18.5. The maximum Gasteiger partial charge on any atom is 0.0366 e. The Hall–Kier alpha value is -2.20. The summed E-state index contributed by atoms with van der Waals surface area (Å²) in [5.41, 5.74) is 3.37. The SMILES string of the molecule is CCN(CC)c1ccc(C#Cc2ccccc2)cc1. The minimum atomic E-state index is 1.03. The molecule has 0 fully saturated rings. The van der Waals surface area contributed by atoms with Crippen LogP contribution in [0.1, 0.15) is 25.0 Å². The van der Waals surface area contributed by atoms with E-state index < -0.39 is 0 Å². The molecule has 0 unspecified atom stereocenters. The predicted octanol–water partition coefficient (Wildman–Crippen LogP) is 3.93. The van der Waals surface area contributed by atoms with E-state index in [0.717, 1.165) is 24.2 Å². The lowest BCUT2D eigenvalue weighted by atomic mass is 10.1. The van der Waals surface area contributed by atoms with Crippen molar-refractivity contribution in [1.82, 2.24) is 0 Å². The lowest BCUT2D eigenvalue weighted by molar-refractivity contribution is 0.866. The van der Waals surface area contributed by atoms with Gasteiger partial charge < -0.3 is 4.90 Å². The van der Waals surface area contributed by atoms with Gasteiger partial charge in [-0.25, -0.2) is 0 Å². The van der Waals surface area contributed by atoms with E-state index in [4.69, 9.17) is 0 Å². The van der Waals surface area contributed by atoms with E-state index in [0.29, 0.717) is 0 Å². The zero-order valence-electron chi connectivity index (χ0n) is 11.6. The van der Waals surface area contributed by atoms with Crippen LogP contribution in [0.15, 0.2) is 54.6 Å². The van der Waals surface area contributed by atoms with Crippen molar-refractivity contribution in [2.24, 2.45) is 0 Å².